The first-order valence-electron chi connectivity index (χ1n) is 3.71. The van der Waals surface area contributed by atoms with E-state index in [1.54, 1.807) is 0 Å². The largest absolute Gasteiger partial charge is 0.658 e. The van der Waals surface area contributed by atoms with Gasteiger partial charge in [-0.3, -0.25) is 0 Å². The van der Waals surface area contributed by atoms with Crippen LogP contribution in [0.3, 0.4) is 0 Å². The zero-order chi connectivity index (χ0) is 8.81. The van der Waals surface area contributed by atoms with Crippen LogP contribution in [0.25, 0.3) is 5.73 Å². The summed E-state index contributed by atoms with van der Waals surface area (Å²) in [6.45, 7) is 0. The number of benzene rings is 1. The molecule has 0 saturated carbocycles. The van der Waals surface area contributed by atoms with Crippen molar-refractivity contribution in [3.63, 3.8) is 0 Å². The summed E-state index contributed by atoms with van der Waals surface area (Å²) in [5, 5.41) is -0.550. The molecule has 1 aromatic carbocycles. The summed E-state index contributed by atoms with van der Waals surface area (Å²) in [4.78, 5) is 10.3. The molecule has 0 spiro atoms. The van der Waals surface area contributed by atoms with Gasteiger partial charge in [-0.05, 0) is 12.0 Å². The van der Waals surface area contributed by atoms with Crippen LogP contribution >= 0.6 is 11.8 Å². The molecule has 1 rings (SSSR count). The Balaban J connectivity index is 0.00000144. The molecule has 0 atom stereocenters. The van der Waals surface area contributed by atoms with E-state index in [1.165, 1.54) is 5.56 Å². The third kappa shape index (κ3) is 6.25. The van der Waals surface area contributed by atoms with E-state index in [0.29, 0.717) is 5.75 Å². The van der Waals surface area contributed by atoms with Crippen molar-refractivity contribution in [2.75, 3.05) is 5.75 Å². The van der Waals surface area contributed by atoms with E-state index < -0.39 is 5.24 Å². The van der Waals surface area contributed by atoms with Crippen LogP contribution in [0, 0.1) is 0 Å². The summed E-state index contributed by atoms with van der Waals surface area (Å²) in [6, 6.07) is 9.96. The molecule has 0 saturated heterocycles. The number of hydrogen-bond acceptors (Lipinski definition) is 2. The second-order valence-electron chi connectivity index (χ2n) is 2.37. The number of amides is 1. The van der Waals surface area contributed by atoms with Crippen molar-refractivity contribution in [1.82, 2.24) is 0 Å². The van der Waals surface area contributed by atoms with E-state index in [-0.39, 0.29) is 32.7 Å². The minimum atomic E-state index is -0.550. The number of carbonyl (C=O) groups excluding carboxylic acids is 1. The maximum Gasteiger partial charge on any atom is 0.107 e. The summed E-state index contributed by atoms with van der Waals surface area (Å²) < 4.78 is 0. The van der Waals surface area contributed by atoms with Gasteiger partial charge in [-0.25, -0.2) is 0 Å². The molecular formula is C9H10NOSY-. The SMILES string of the molecule is [NH-]C(=O)SCCc1ccccc1.[Y]. The van der Waals surface area contributed by atoms with Crippen molar-refractivity contribution in [3.05, 3.63) is 41.6 Å². The number of rotatable bonds is 3. The van der Waals surface area contributed by atoms with Gasteiger partial charge in [0.2, 0.25) is 0 Å². The fourth-order valence-corrected chi connectivity index (χ4v) is 1.43. The Morgan fingerprint density at radius 1 is 1.31 bits per heavy atom. The predicted molar refractivity (Wildman–Crippen MR) is 52.3 cm³/mol. The number of thioether (sulfide) groups is 1. The van der Waals surface area contributed by atoms with Crippen LogP contribution in [0.4, 0.5) is 4.79 Å². The second kappa shape index (κ2) is 7.54. The molecule has 0 aliphatic carbocycles. The second-order valence-corrected chi connectivity index (χ2v) is 3.44. The maximum absolute atomic E-state index is 10.3. The molecule has 1 aromatic rings. The molecule has 0 fully saturated rings. The van der Waals surface area contributed by atoms with E-state index in [1.807, 2.05) is 30.3 Å². The molecule has 67 valence electrons. The summed E-state index contributed by atoms with van der Waals surface area (Å²) in [5.74, 6) is 0.701. The van der Waals surface area contributed by atoms with Crippen LogP contribution in [0.1, 0.15) is 5.56 Å². The average molecular weight is 269 g/mol. The van der Waals surface area contributed by atoms with E-state index >= 15 is 0 Å². The Kier molecular flexibility index (Phi) is 7.62. The van der Waals surface area contributed by atoms with Crippen LogP contribution in [-0.4, -0.2) is 11.0 Å². The van der Waals surface area contributed by atoms with Gasteiger partial charge in [0.1, 0.15) is 5.24 Å². The Bertz CT molecular complexity index is 253. The third-order valence-corrected chi connectivity index (χ3v) is 2.14. The topological polar surface area (TPSA) is 40.9 Å². The van der Waals surface area contributed by atoms with E-state index in [4.69, 9.17) is 5.73 Å². The van der Waals surface area contributed by atoms with Crippen molar-refractivity contribution >= 4 is 17.0 Å². The van der Waals surface area contributed by atoms with E-state index in [2.05, 4.69) is 0 Å². The molecule has 1 amide bonds. The first kappa shape index (κ1) is 13.1. The number of hydrogen-bond donors (Lipinski definition) is 0. The first-order valence-corrected chi connectivity index (χ1v) is 4.70. The Morgan fingerprint density at radius 2 is 1.92 bits per heavy atom. The van der Waals surface area contributed by atoms with Crippen LogP contribution in [0.2, 0.25) is 0 Å². The fourth-order valence-electron chi connectivity index (χ4n) is 0.906. The minimum Gasteiger partial charge on any atom is -0.658 e. The van der Waals surface area contributed by atoms with Crippen molar-refractivity contribution in [2.45, 2.75) is 6.42 Å². The minimum absolute atomic E-state index is 0. The quantitative estimate of drug-likeness (QED) is 0.845. The van der Waals surface area contributed by atoms with Gasteiger partial charge in [0.25, 0.3) is 0 Å². The molecule has 13 heavy (non-hydrogen) atoms. The Labute approximate surface area is 108 Å². The molecule has 1 radical (unpaired) electrons. The van der Waals surface area contributed by atoms with Crippen LogP contribution in [0.15, 0.2) is 30.3 Å². The fraction of sp³-hybridized carbons (Fsp3) is 0.222. The van der Waals surface area contributed by atoms with Gasteiger partial charge in [0, 0.05) is 38.5 Å². The van der Waals surface area contributed by atoms with Gasteiger partial charge in [0.05, 0.1) is 0 Å². The molecule has 1 N–H and O–H groups in total. The van der Waals surface area contributed by atoms with Crippen molar-refractivity contribution in [1.29, 1.82) is 0 Å². The molecule has 0 bridgehead atoms. The summed E-state index contributed by atoms with van der Waals surface area (Å²) in [7, 11) is 0. The van der Waals surface area contributed by atoms with Gasteiger partial charge >= 0.3 is 0 Å². The summed E-state index contributed by atoms with van der Waals surface area (Å²) >= 11 is 1.05. The van der Waals surface area contributed by atoms with Gasteiger partial charge in [0.15, 0.2) is 0 Å². The zero-order valence-electron chi connectivity index (χ0n) is 7.19. The summed E-state index contributed by atoms with van der Waals surface area (Å²) in [5.41, 5.74) is 7.88. The molecule has 0 aliphatic rings. The van der Waals surface area contributed by atoms with Gasteiger partial charge in [-0.15, -0.1) is 11.8 Å². The first-order chi connectivity index (χ1) is 5.79. The average Bonchev–Trinajstić information content (AvgIpc) is 2.05. The van der Waals surface area contributed by atoms with Crippen LogP contribution in [-0.2, 0) is 39.1 Å². The monoisotopic (exact) mass is 269 g/mol. The molecule has 0 heterocycles. The third-order valence-electron chi connectivity index (χ3n) is 1.47. The normalized spacial score (nSPS) is 8.92. The van der Waals surface area contributed by atoms with E-state index in [9.17, 15) is 4.79 Å². The van der Waals surface area contributed by atoms with Gasteiger partial charge < -0.3 is 10.5 Å². The van der Waals surface area contributed by atoms with Crippen molar-refractivity contribution in [3.8, 4) is 0 Å². The number of carbonyl (C=O) groups is 1. The molecule has 0 aliphatic heterocycles. The zero-order valence-corrected chi connectivity index (χ0v) is 10.8. The molecule has 0 unspecified atom stereocenters. The molecular weight excluding hydrogens is 259 g/mol. The van der Waals surface area contributed by atoms with Gasteiger partial charge in [-0.2, -0.15) is 0 Å². The van der Waals surface area contributed by atoms with Crippen molar-refractivity contribution in [2.24, 2.45) is 0 Å². The smallest absolute Gasteiger partial charge is 0.107 e. The molecule has 0 aromatic heterocycles. The number of nitrogens with one attached hydrogen (secondary N) is 1. The van der Waals surface area contributed by atoms with Gasteiger partial charge in [-0.1, -0.05) is 30.3 Å². The Hall–Kier alpha value is 0.144. The standard InChI is InChI=1S/C9H11NOS.Y/c10-9(11)12-7-6-8-4-2-1-3-5-8;/h1-5H,6-7H2,(H2,10,11);/p-1. The summed E-state index contributed by atoms with van der Waals surface area (Å²) in [6.07, 6.45) is 0.857. The number of aryl methyl sites for hydroxylation is 1. The Morgan fingerprint density at radius 3 is 2.46 bits per heavy atom. The maximum atomic E-state index is 10.3. The van der Waals surface area contributed by atoms with Crippen molar-refractivity contribution < 1.29 is 37.5 Å². The van der Waals surface area contributed by atoms with Crippen LogP contribution in [0.5, 0.6) is 0 Å². The molecule has 4 heteroatoms. The molecule has 2 nitrogen and oxygen atoms in total. The predicted octanol–water partition coefficient (Wildman–Crippen LogP) is 3.13. The van der Waals surface area contributed by atoms with E-state index in [0.717, 1.165) is 18.2 Å². The van der Waals surface area contributed by atoms with Crippen LogP contribution < -0.4 is 0 Å².